The summed E-state index contributed by atoms with van der Waals surface area (Å²) < 4.78 is 13.5. The molecule has 7 heteroatoms. The summed E-state index contributed by atoms with van der Waals surface area (Å²) in [5.41, 5.74) is 2.13. The van der Waals surface area contributed by atoms with E-state index in [4.69, 9.17) is 9.15 Å². The van der Waals surface area contributed by atoms with Crippen LogP contribution in [0.4, 0.5) is 0 Å². The van der Waals surface area contributed by atoms with E-state index in [-0.39, 0.29) is 12.0 Å². The zero-order valence-corrected chi connectivity index (χ0v) is 16.7. The van der Waals surface area contributed by atoms with Crippen LogP contribution in [0.1, 0.15) is 24.3 Å². The molecule has 29 heavy (non-hydrogen) atoms. The summed E-state index contributed by atoms with van der Waals surface area (Å²) in [4.78, 5) is 18.9. The Morgan fingerprint density at radius 2 is 2.10 bits per heavy atom. The molecule has 1 fully saturated rings. The van der Waals surface area contributed by atoms with Gasteiger partial charge in [0.05, 0.1) is 31.6 Å². The normalized spacial score (nSPS) is 16.9. The zero-order valence-electron chi connectivity index (χ0n) is 16.7. The first-order valence-electron chi connectivity index (χ1n) is 10.1. The molecule has 0 saturated carbocycles. The lowest BCUT2D eigenvalue weighted by Gasteiger charge is -2.33. The fourth-order valence-corrected chi connectivity index (χ4v) is 3.54. The van der Waals surface area contributed by atoms with Gasteiger partial charge in [-0.1, -0.05) is 30.3 Å². The summed E-state index contributed by atoms with van der Waals surface area (Å²) in [6.45, 7) is 4.49. The second-order valence-corrected chi connectivity index (χ2v) is 7.41. The third-order valence-electron chi connectivity index (χ3n) is 5.04. The monoisotopic (exact) mass is 394 g/mol. The van der Waals surface area contributed by atoms with Crippen LogP contribution in [0, 0.1) is 6.92 Å². The molecule has 0 radical (unpaired) electrons. The van der Waals surface area contributed by atoms with Crippen molar-refractivity contribution in [1.29, 1.82) is 0 Å². The van der Waals surface area contributed by atoms with E-state index in [9.17, 15) is 4.79 Å². The number of aryl methyl sites for hydroxylation is 2. The van der Waals surface area contributed by atoms with Gasteiger partial charge in [-0.2, -0.15) is 5.10 Å². The molecule has 2 aromatic heterocycles. The van der Waals surface area contributed by atoms with E-state index >= 15 is 0 Å². The predicted molar refractivity (Wildman–Crippen MR) is 108 cm³/mol. The van der Waals surface area contributed by atoms with Gasteiger partial charge in [0.1, 0.15) is 0 Å². The summed E-state index contributed by atoms with van der Waals surface area (Å²) in [5, 5.41) is 4.30. The molecule has 0 aliphatic carbocycles. The second-order valence-electron chi connectivity index (χ2n) is 7.41. The Labute approximate surface area is 170 Å². The first-order valence-corrected chi connectivity index (χ1v) is 10.1. The van der Waals surface area contributed by atoms with Crippen molar-refractivity contribution in [2.24, 2.45) is 0 Å². The second kappa shape index (κ2) is 9.05. The Kier molecular flexibility index (Phi) is 6.05. The third-order valence-corrected chi connectivity index (χ3v) is 5.04. The van der Waals surface area contributed by atoms with Gasteiger partial charge in [0, 0.05) is 37.7 Å². The van der Waals surface area contributed by atoms with Crippen LogP contribution in [0.3, 0.4) is 0 Å². The number of carbonyl (C=O) groups is 1. The van der Waals surface area contributed by atoms with Crippen molar-refractivity contribution < 1.29 is 13.9 Å². The van der Waals surface area contributed by atoms with E-state index in [0.29, 0.717) is 51.4 Å². The third kappa shape index (κ3) is 5.12. The smallest absolute Gasteiger partial charge is 0.222 e. The van der Waals surface area contributed by atoms with Gasteiger partial charge < -0.3 is 14.1 Å². The van der Waals surface area contributed by atoms with E-state index in [1.165, 1.54) is 0 Å². The molecule has 3 heterocycles. The maximum Gasteiger partial charge on any atom is 0.222 e. The lowest BCUT2D eigenvalue weighted by molar-refractivity contribution is -0.139. The van der Waals surface area contributed by atoms with Crippen molar-refractivity contribution in [3.05, 3.63) is 60.4 Å². The summed E-state index contributed by atoms with van der Waals surface area (Å²) in [7, 11) is 0. The predicted octanol–water partition coefficient (Wildman–Crippen LogP) is 3.10. The Morgan fingerprint density at radius 3 is 2.90 bits per heavy atom. The van der Waals surface area contributed by atoms with Crippen LogP contribution in [-0.4, -0.2) is 51.4 Å². The molecule has 1 amide bonds. The fourth-order valence-electron chi connectivity index (χ4n) is 3.54. The lowest BCUT2D eigenvalue weighted by atomic mass is 10.2. The van der Waals surface area contributed by atoms with Gasteiger partial charge >= 0.3 is 0 Å². The van der Waals surface area contributed by atoms with Crippen molar-refractivity contribution in [3.63, 3.8) is 0 Å². The standard InChI is InChI=1S/C22H26N4O3/c1-17-12-24-26(14-17)16-19-15-25(10-11-28-19)22(27)9-5-8-21-23-13-20(29-21)18-6-3-2-4-7-18/h2-4,6-7,12-14,19H,5,8-11,15-16H2,1H3/t19-/m1/s1. The first kappa shape index (κ1) is 19.4. The Balaban J connectivity index is 1.24. The number of amides is 1. The van der Waals surface area contributed by atoms with Crippen LogP contribution in [0.2, 0.25) is 0 Å². The number of oxazole rings is 1. The van der Waals surface area contributed by atoms with Crippen molar-refractivity contribution in [3.8, 4) is 11.3 Å². The molecular formula is C22H26N4O3. The van der Waals surface area contributed by atoms with Crippen molar-refractivity contribution in [2.45, 2.75) is 38.8 Å². The minimum atomic E-state index is -0.0211. The summed E-state index contributed by atoms with van der Waals surface area (Å²) >= 11 is 0. The van der Waals surface area contributed by atoms with Gasteiger partial charge in [-0.05, 0) is 18.9 Å². The number of nitrogens with zero attached hydrogens (tertiary/aromatic N) is 4. The van der Waals surface area contributed by atoms with Crippen LogP contribution in [0.15, 0.2) is 53.3 Å². The quantitative estimate of drug-likeness (QED) is 0.616. The van der Waals surface area contributed by atoms with Crippen LogP contribution in [-0.2, 0) is 22.5 Å². The molecule has 7 nitrogen and oxygen atoms in total. The largest absolute Gasteiger partial charge is 0.441 e. The molecule has 1 aliphatic heterocycles. The number of hydrogen-bond acceptors (Lipinski definition) is 5. The van der Waals surface area contributed by atoms with Gasteiger partial charge in [0.15, 0.2) is 11.7 Å². The molecule has 0 spiro atoms. The summed E-state index contributed by atoms with van der Waals surface area (Å²) in [6.07, 6.45) is 7.40. The fraction of sp³-hybridized carbons (Fsp3) is 0.409. The molecule has 3 aromatic rings. The highest BCUT2D eigenvalue weighted by Crippen LogP contribution is 2.20. The number of hydrogen-bond donors (Lipinski definition) is 0. The van der Waals surface area contributed by atoms with E-state index in [0.717, 1.165) is 16.9 Å². The molecule has 1 saturated heterocycles. The Bertz CT molecular complexity index is 934. The maximum atomic E-state index is 12.6. The Morgan fingerprint density at radius 1 is 1.24 bits per heavy atom. The molecular weight excluding hydrogens is 368 g/mol. The highest BCUT2D eigenvalue weighted by Gasteiger charge is 2.24. The van der Waals surface area contributed by atoms with Crippen LogP contribution in [0.5, 0.6) is 0 Å². The first-order chi connectivity index (χ1) is 14.2. The maximum absolute atomic E-state index is 12.6. The molecule has 1 aromatic carbocycles. The van der Waals surface area contributed by atoms with Gasteiger partial charge in [0.25, 0.3) is 0 Å². The molecule has 152 valence electrons. The molecule has 0 unspecified atom stereocenters. The Hall–Kier alpha value is -2.93. The van der Waals surface area contributed by atoms with E-state index in [1.807, 2.05) is 59.2 Å². The lowest BCUT2D eigenvalue weighted by Crippen LogP contribution is -2.47. The molecule has 0 bridgehead atoms. The number of morpholine rings is 1. The van der Waals surface area contributed by atoms with Crippen molar-refractivity contribution in [1.82, 2.24) is 19.7 Å². The van der Waals surface area contributed by atoms with Gasteiger partial charge in [-0.15, -0.1) is 0 Å². The van der Waals surface area contributed by atoms with Crippen molar-refractivity contribution >= 4 is 5.91 Å². The van der Waals surface area contributed by atoms with E-state index < -0.39 is 0 Å². The number of aromatic nitrogens is 3. The minimum Gasteiger partial charge on any atom is -0.441 e. The average molecular weight is 394 g/mol. The number of rotatable bonds is 7. The topological polar surface area (TPSA) is 73.4 Å². The highest BCUT2D eigenvalue weighted by atomic mass is 16.5. The van der Waals surface area contributed by atoms with Gasteiger partial charge in [-0.3, -0.25) is 9.48 Å². The van der Waals surface area contributed by atoms with Gasteiger partial charge in [-0.25, -0.2) is 4.98 Å². The zero-order chi connectivity index (χ0) is 20.1. The molecule has 4 rings (SSSR count). The van der Waals surface area contributed by atoms with Crippen LogP contribution in [0.25, 0.3) is 11.3 Å². The number of ether oxygens (including phenoxy) is 1. The number of benzene rings is 1. The minimum absolute atomic E-state index is 0.0211. The number of carbonyl (C=O) groups excluding carboxylic acids is 1. The summed E-state index contributed by atoms with van der Waals surface area (Å²) in [6, 6.07) is 9.90. The van der Waals surface area contributed by atoms with Crippen LogP contribution < -0.4 is 0 Å². The summed E-state index contributed by atoms with van der Waals surface area (Å²) in [5.74, 6) is 1.59. The highest BCUT2D eigenvalue weighted by molar-refractivity contribution is 5.76. The van der Waals surface area contributed by atoms with Gasteiger partial charge in [0.2, 0.25) is 5.91 Å². The molecule has 1 aliphatic rings. The van der Waals surface area contributed by atoms with Crippen molar-refractivity contribution in [2.75, 3.05) is 19.7 Å². The van der Waals surface area contributed by atoms with E-state index in [1.54, 1.807) is 6.20 Å². The molecule has 0 N–H and O–H groups in total. The van der Waals surface area contributed by atoms with E-state index in [2.05, 4.69) is 10.1 Å². The SMILES string of the molecule is Cc1cnn(C[C@H]2CN(C(=O)CCCc3ncc(-c4ccccc4)o3)CCO2)c1. The average Bonchev–Trinajstić information content (AvgIpc) is 3.38. The molecule has 1 atom stereocenters. The van der Waals surface area contributed by atoms with Crippen LogP contribution >= 0.6 is 0 Å².